The number of rotatable bonds is 2. The monoisotopic (exact) mass is 250 g/mol. The van der Waals surface area contributed by atoms with Gasteiger partial charge in [-0.15, -0.1) is 0 Å². The Morgan fingerprint density at radius 3 is 2.74 bits per heavy atom. The maximum Gasteiger partial charge on any atom is 0.201 e. The van der Waals surface area contributed by atoms with E-state index in [1.165, 1.54) is 12.5 Å². The largest absolute Gasteiger partial charge is 0.463 e. The Hall–Kier alpha value is -2.75. The average molecular weight is 250 g/mol. The Balaban J connectivity index is 2.05. The molecule has 4 nitrogen and oxygen atoms in total. The lowest BCUT2D eigenvalue weighted by atomic mass is 10.2. The predicted octanol–water partition coefficient (Wildman–Crippen LogP) is 2.94. The highest BCUT2D eigenvalue weighted by Crippen LogP contribution is 2.11. The van der Waals surface area contributed by atoms with Gasteiger partial charge in [0, 0.05) is 18.6 Å². The van der Waals surface area contributed by atoms with Crippen molar-refractivity contribution in [2.24, 2.45) is 4.99 Å². The third kappa shape index (κ3) is 2.28. The van der Waals surface area contributed by atoms with Crippen molar-refractivity contribution in [2.75, 3.05) is 0 Å². The lowest BCUT2D eigenvalue weighted by Gasteiger charge is -1.97. The smallest absolute Gasteiger partial charge is 0.201 e. The van der Waals surface area contributed by atoms with Gasteiger partial charge >= 0.3 is 0 Å². The molecule has 3 rings (SSSR count). The van der Waals surface area contributed by atoms with Crippen molar-refractivity contribution in [3.63, 3.8) is 0 Å². The van der Waals surface area contributed by atoms with E-state index in [9.17, 15) is 4.79 Å². The van der Waals surface area contributed by atoms with E-state index in [1.54, 1.807) is 36.7 Å². The molecule has 0 saturated carbocycles. The second-order valence-corrected chi connectivity index (χ2v) is 3.98. The van der Waals surface area contributed by atoms with Crippen LogP contribution in [0.4, 0.5) is 5.69 Å². The molecule has 2 aromatic heterocycles. The Morgan fingerprint density at radius 1 is 1.11 bits per heavy atom. The van der Waals surface area contributed by atoms with Gasteiger partial charge in [-0.1, -0.05) is 12.1 Å². The highest BCUT2D eigenvalue weighted by Gasteiger charge is 2.03. The third-order valence-electron chi connectivity index (χ3n) is 2.72. The van der Waals surface area contributed by atoms with Crippen LogP contribution in [0.1, 0.15) is 5.56 Å². The van der Waals surface area contributed by atoms with Crippen LogP contribution in [0.25, 0.3) is 11.0 Å². The standard InChI is InChI=1S/C15H10N2O2/c18-15-11(9-17-12-5-7-16-8-6-12)10-19-14-4-2-1-3-13(14)15/h1-10H. The molecule has 0 saturated heterocycles. The van der Waals surface area contributed by atoms with Gasteiger partial charge in [-0.2, -0.15) is 0 Å². The summed E-state index contributed by atoms with van der Waals surface area (Å²) in [5, 5.41) is 0.557. The summed E-state index contributed by atoms with van der Waals surface area (Å²) in [6.07, 6.45) is 6.23. The minimum absolute atomic E-state index is 0.0837. The van der Waals surface area contributed by atoms with Gasteiger partial charge in [0.25, 0.3) is 0 Å². The number of hydrogen-bond acceptors (Lipinski definition) is 4. The Bertz CT molecular complexity index is 792. The van der Waals surface area contributed by atoms with Crippen LogP contribution >= 0.6 is 0 Å². The summed E-state index contributed by atoms with van der Waals surface area (Å²) in [6, 6.07) is 10.7. The van der Waals surface area contributed by atoms with Gasteiger partial charge in [-0.25, -0.2) is 0 Å². The summed E-state index contributed by atoms with van der Waals surface area (Å²) in [7, 11) is 0. The summed E-state index contributed by atoms with van der Waals surface area (Å²) in [6.45, 7) is 0. The SMILES string of the molecule is O=c1c(C=Nc2ccncc2)coc2ccccc12. The van der Waals surface area contributed by atoms with E-state index in [2.05, 4.69) is 9.98 Å². The molecule has 0 spiro atoms. The Labute approximate surface area is 109 Å². The van der Waals surface area contributed by atoms with Gasteiger partial charge in [0.15, 0.2) is 0 Å². The first-order valence-electron chi connectivity index (χ1n) is 5.79. The normalized spacial score (nSPS) is 11.2. The zero-order valence-electron chi connectivity index (χ0n) is 9.98. The zero-order chi connectivity index (χ0) is 13.1. The number of aliphatic imine (C=N–C) groups is 1. The van der Waals surface area contributed by atoms with E-state index >= 15 is 0 Å². The third-order valence-corrected chi connectivity index (χ3v) is 2.72. The second-order valence-electron chi connectivity index (χ2n) is 3.98. The molecule has 0 aliphatic rings. The number of aromatic nitrogens is 1. The molecule has 1 aromatic carbocycles. The van der Waals surface area contributed by atoms with Crippen molar-refractivity contribution in [1.82, 2.24) is 4.98 Å². The highest BCUT2D eigenvalue weighted by atomic mass is 16.3. The molecule has 0 N–H and O–H groups in total. The zero-order valence-corrected chi connectivity index (χ0v) is 9.98. The maximum atomic E-state index is 12.2. The Morgan fingerprint density at radius 2 is 1.89 bits per heavy atom. The molecule has 0 aliphatic heterocycles. The molecular formula is C15H10N2O2. The van der Waals surface area contributed by atoms with Gasteiger partial charge in [0.1, 0.15) is 11.8 Å². The summed E-state index contributed by atoms with van der Waals surface area (Å²) in [5.41, 5.74) is 1.66. The van der Waals surface area contributed by atoms with E-state index in [1.807, 2.05) is 12.1 Å². The van der Waals surface area contributed by atoms with E-state index in [0.29, 0.717) is 16.5 Å². The second kappa shape index (κ2) is 4.86. The van der Waals surface area contributed by atoms with Gasteiger partial charge in [0.05, 0.1) is 16.6 Å². The first-order chi connectivity index (χ1) is 9.34. The van der Waals surface area contributed by atoms with Crippen molar-refractivity contribution in [3.05, 3.63) is 70.8 Å². The molecule has 0 fully saturated rings. The number of pyridine rings is 1. The molecule has 0 aliphatic carbocycles. The van der Waals surface area contributed by atoms with Gasteiger partial charge in [0.2, 0.25) is 5.43 Å². The average Bonchev–Trinajstić information content (AvgIpc) is 2.48. The summed E-state index contributed by atoms with van der Waals surface area (Å²) in [4.78, 5) is 20.3. The number of benzene rings is 1. The fraction of sp³-hybridized carbons (Fsp3) is 0. The molecule has 0 amide bonds. The minimum atomic E-state index is -0.0837. The topological polar surface area (TPSA) is 55.5 Å². The summed E-state index contributed by atoms with van der Waals surface area (Å²) in [5.74, 6) is 0. The van der Waals surface area contributed by atoms with Crippen molar-refractivity contribution < 1.29 is 4.42 Å². The summed E-state index contributed by atoms with van der Waals surface area (Å²) >= 11 is 0. The van der Waals surface area contributed by atoms with Crippen molar-refractivity contribution in [3.8, 4) is 0 Å². The lowest BCUT2D eigenvalue weighted by molar-refractivity contribution is 0.601. The minimum Gasteiger partial charge on any atom is -0.463 e. The van der Waals surface area contributed by atoms with E-state index < -0.39 is 0 Å². The van der Waals surface area contributed by atoms with E-state index in [-0.39, 0.29) is 5.43 Å². The van der Waals surface area contributed by atoms with Crippen LogP contribution in [0.2, 0.25) is 0 Å². The first kappa shape index (κ1) is 11.3. The fourth-order valence-electron chi connectivity index (χ4n) is 1.76. The molecular weight excluding hydrogens is 240 g/mol. The van der Waals surface area contributed by atoms with Crippen molar-refractivity contribution in [2.45, 2.75) is 0 Å². The number of hydrogen-bond donors (Lipinski definition) is 0. The fourth-order valence-corrected chi connectivity index (χ4v) is 1.76. The lowest BCUT2D eigenvalue weighted by Crippen LogP contribution is -2.07. The molecule has 92 valence electrons. The Kier molecular flexibility index (Phi) is 2.90. The van der Waals surface area contributed by atoms with Gasteiger partial charge in [-0.3, -0.25) is 14.8 Å². The quantitative estimate of drug-likeness (QED) is 0.657. The summed E-state index contributed by atoms with van der Waals surface area (Å²) < 4.78 is 5.41. The van der Waals surface area contributed by atoms with Crippen LogP contribution in [0.15, 0.2) is 69.3 Å². The van der Waals surface area contributed by atoms with E-state index in [4.69, 9.17) is 4.42 Å². The van der Waals surface area contributed by atoms with Crippen LogP contribution in [-0.4, -0.2) is 11.2 Å². The molecule has 0 radical (unpaired) electrons. The number of para-hydroxylation sites is 1. The molecule has 0 bridgehead atoms. The number of fused-ring (bicyclic) bond motifs is 1. The molecule has 19 heavy (non-hydrogen) atoms. The molecule has 4 heteroatoms. The maximum absolute atomic E-state index is 12.2. The first-order valence-corrected chi connectivity index (χ1v) is 5.79. The van der Waals surface area contributed by atoms with Gasteiger partial charge < -0.3 is 4.42 Å². The molecule has 0 unspecified atom stereocenters. The van der Waals surface area contributed by atoms with Crippen LogP contribution in [0, 0.1) is 0 Å². The van der Waals surface area contributed by atoms with Crippen LogP contribution in [0.3, 0.4) is 0 Å². The molecule has 2 heterocycles. The number of nitrogens with zero attached hydrogens (tertiary/aromatic N) is 2. The predicted molar refractivity (Wildman–Crippen MR) is 74.0 cm³/mol. The molecule has 0 atom stereocenters. The molecule has 3 aromatic rings. The van der Waals surface area contributed by atoms with Crippen molar-refractivity contribution in [1.29, 1.82) is 0 Å². The van der Waals surface area contributed by atoms with E-state index in [0.717, 1.165) is 5.69 Å². The van der Waals surface area contributed by atoms with Gasteiger partial charge in [-0.05, 0) is 24.3 Å². The van der Waals surface area contributed by atoms with Crippen LogP contribution < -0.4 is 5.43 Å². The van der Waals surface area contributed by atoms with Crippen LogP contribution in [0.5, 0.6) is 0 Å². The van der Waals surface area contributed by atoms with Crippen molar-refractivity contribution >= 4 is 22.9 Å². The highest BCUT2D eigenvalue weighted by molar-refractivity contribution is 5.87. The van der Waals surface area contributed by atoms with Crippen LogP contribution in [-0.2, 0) is 0 Å².